The fourth-order valence-corrected chi connectivity index (χ4v) is 3.43. The molecule has 0 fully saturated rings. The summed E-state index contributed by atoms with van der Waals surface area (Å²) in [6, 6.07) is 12.6. The molecule has 0 saturated heterocycles. The van der Waals surface area contributed by atoms with Gasteiger partial charge in [-0.2, -0.15) is 0 Å². The van der Waals surface area contributed by atoms with Gasteiger partial charge in [-0.15, -0.1) is 0 Å². The van der Waals surface area contributed by atoms with Crippen LogP contribution in [0.25, 0.3) is 11.1 Å². The zero-order valence-corrected chi connectivity index (χ0v) is 15.5. The van der Waals surface area contributed by atoms with Gasteiger partial charge in [-0.25, -0.2) is 4.79 Å². The van der Waals surface area contributed by atoms with E-state index in [9.17, 15) is 9.59 Å². The summed E-state index contributed by atoms with van der Waals surface area (Å²) >= 11 is 0. The minimum absolute atomic E-state index is 0.0355. The molecule has 0 bridgehead atoms. The summed E-state index contributed by atoms with van der Waals surface area (Å²) in [6.07, 6.45) is 3.20. The van der Waals surface area contributed by atoms with E-state index in [-0.39, 0.29) is 11.5 Å². The smallest absolute Gasteiger partial charge is 0.335 e. The maximum absolute atomic E-state index is 12.7. The lowest BCUT2D eigenvalue weighted by Gasteiger charge is -2.29. The van der Waals surface area contributed by atoms with Gasteiger partial charge in [-0.1, -0.05) is 37.6 Å². The standard InChI is InChI=1S/C22H24N2O3/c1-2-3-19(23)11-13-24-12-10-18-14-17(8-9-20(18)21(24)25)15-4-6-16(7-5-15)22(26)27/h4-9,14,23H,2-3,10-13H2,1H3,(H,26,27). The van der Waals surface area contributed by atoms with Gasteiger partial charge in [0.05, 0.1) is 5.56 Å². The van der Waals surface area contributed by atoms with E-state index in [2.05, 4.69) is 6.92 Å². The Balaban J connectivity index is 1.74. The molecule has 140 valence electrons. The Labute approximate surface area is 159 Å². The molecule has 0 saturated carbocycles. The van der Waals surface area contributed by atoms with Crippen LogP contribution in [0.5, 0.6) is 0 Å². The third kappa shape index (κ3) is 4.25. The Kier molecular flexibility index (Phi) is 5.69. The average molecular weight is 364 g/mol. The van der Waals surface area contributed by atoms with Crippen molar-refractivity contribution in [2.75, 3.05) is 13.1 Å². The third-order valence-electron chi connectivity index (χ3n) is 4.97. The Morgan fingerprint density at radius 3 is 2.48 bits per heavy atom. The van der Waals surface area contributed by atoms with E-state index in [1.807, 2.05) is 23.1 Å². The van der Waals surface area contributed by atoms with Crippen LogP contribution >= 0.6 is 0 Å². The molecule has 1 heterocycles. The summed E-state index contributed by atoms with van der Waals surface area (Å²) in [5.41, 5.74) is 4.64. The van der Waals surface area contributed by atoms with E-state index >= 15 is 0 Å². The van der Waals surface area contributed by atoms with Crippen LogP contribution in [0.15, 0.2) is 42.5 Å². The van der Waals surface area contributed by atoms with Gasteiger partial charge < -0.3 is 15.4 Å². The largest absolute Gasteiger partial charge is 0.478 e. The molecule has 1 aliphatic rings. The number of nitrogens with one attached hydrogen (secondary N) is 1. The fourth-order valence-electron chi connectivity index (χ4n) is 3.43. The zero-order valence-electron chi connectivity index (χ0n) is 15.5. The van der Waals surface area contributed by atoms with Crippen LogP contribution in [-0.2, 0) is 6.42 Å². The molecule has 2 aromatic carbocycles. The number of nitrogens with zero attached hydrogens (tertiary/aromatic N) is 1. The number of hydrogen-bond acceptors (Lipinski definition) is 3. The molecule has 2 N–H and O–H groups in total. The van der Waals surface area contributed by atoms with Crippen molar-refractivity contribution in [2.45, 2.75) is 32.6 Å². The van der Waals surface area contributed by atoms with E-state index in [4.69, 9.17) is 10.5 Å². The van der Waals surface area contributed by atoms with Gasteiger partial charge >= 0.3 is 5.97 Å². The van der Waals surface area contributed by atoms with Gasteiger partial charge in [-0.3, -0.25) is 4.79 Å². The highest BCUT2D eigenvalue weighted by Gasteiger charge is 2.24. The van der Waals surface area contributed by atoms with Crippen molar-refractivity contribution in [2.24, 2.45) is 0 Å². The van der Waals surface area contributed by atoms with Crippen LogP contribution in [0.3, 0.4) is 0 Å². The molecule has 0 aliphatic carbocycles. The first kappa shape index (κ1) is 18.8. The molecular weight excluding hydrogens is 340 g/mol. The molecule has 0 unspecified atom stereocenters. The molecule has 3 rings (SSSR count). The van der Waals surface area contributed by atoms with Crippen LogP contribution in [0.2, 0.25) is 0 Å². The van der Waals surface area contributed by atoms with Crippen molar-refractivity contribution < 1.29 is 14.7 Å². The summed E-state index contributed by atoms with van der Waals surface area (Å²) < 4.78 is 0. The molecule has 0 radical (unpaired) electrons. The number of carboxylic acid groups (broad SMARTS) is 1. The SMILES string of the molecule is CCCC(=N)CCN1CCc2cc(-c3ccc(C(=O)O)cc3)ccc2C1=O. The second kappa shape index (κ2) is 8.16. The van der Waals surface area contributed by atoms with Crippen molar-refractivity contribution in [3.63, 3.8) is 0 Å². The lowest BCUT2D eigenvalue weighted by atomic mass is 9.93. The van der Waals surface area contributed by atoms with E-state index in [0.717, 1.165) is 41.5 Å². The quantitative estimate of drug-likeness (QED) is 0.720. The monoisotopic (exact) mass is 364 g/mol. The summed E-state index contributed by atoms with van der Waals surface area (Å²) in [6.45, 7) is 3.34. The first-order valence-electron chi connectivity index (χ1n) is 9.32. The highest BCUT2D eigenvalue weighted by atomic mass is 16.4. The van der Waals surface area contributed by atoms with Gasteiger partial charge in [-0.05, 0) is 47.7 Å². The number of benzene rings is 2. The summed E-state index contributed by atoms with van der Waals surface area (Å²) in [7, 11) is 0. The third-order valence-corrected chi connectivity index (χ3v) is 4.97. The fraction of sp³-hybridized carbons (Fsp3) is 0.318. The first-order valence-corrected chi connectivity index (χ1v) is 9.32. The van der Waals surface area contributed by atoms with Gasteiger partial charge in [0.15, 0.2) is 0 Å². The maximum Gasteiger partial charge on any atom is 0.335 e. The highest BCUT2D eigenvalue weighted by molar-refractivity contribution is 5.97. The second-order valence-corrected chi connectivity index (χ2v) is 6.90. The van der Waals surface area contributed by atoms with Crippen LogP contribution < -0.4 is 0 Å². The molecule has 1 aliphatic heterocycles. The number of amides is 1. The van der Waals surface area contributed by atoms with E-state index in [0.29, 0.717) is 25.2 Å². The molecule has 0 spiro atoms. The van der Waals surface area contributed by atoms with Crippen molar-refractivity contribution >= 4 is 17.6 Å². The van der Waals surface area contributed by atoms with Gasteiger partial charge in [0.2, 0.25) is 0 Å². The normalized spacial score (nSPS) is 13.4. The number of rotatable bonds is 7. The van der Waals surface area contributed by atoms with E-state index in [1.165, 1.54) is 0 Å². The number of carboxylic acids is 1. The van der Waals surface area contributed by atoms with Crippen molar-refractivity contribution in [1.82, 2.24) is 4.90 Å². The predicted molar refractivity (Wildman–Crippen MR) is 106 cm³/mol. The van der Waals surface area contributed by atoms with Crippen LogP contribution in [-0.4, -0.2) is 40.7 Å². The summed E-state index contributed by atoms with van der Waals surface area (Å²) in [4.78, 5) is 25.6. The zero-order chi connectivity index (χ0) is 19.4. The Morgan fingerprint density at radius 2 is 1.81 bits per heavy atom. The Hall–Kier alpha value is -2.95. The predicted octanol–water partition coefficient (Wildman–Crippen LogP) is 4.26. The number of fused-ring (bicyclic) bond motifs is 1. The molecule has 0 aromatic heterocycles. The number of carbonyl (C=O) groups is 2. The van der Waals surface area contributed by atoms with Crippen molar-refractivity contribution in [3.8, 4) is 11.1 Å². The summed E-state index contributed by atoms with van der Waals surface area (Å²) in [5.74, 6) is -0.905. The minimum Gasteiger partial charge on any atom is -0.478 e. The lowest BCUT2D eigenvalue weighted by Crippen LogP contribution is -2.38. The Bertz CT molecular complexity index is 872. The number of carbonyl (C=O) groups excluding carboxylic acids is 1. The van der Waals surface area contributed by atoms with Crippen LogP contribution in [0.4, 0.5) is 0 Å². The Morgan fingerprint density at radius 1 is 1.11 bits per heavy atom. The minimum atomic E-state index is -0.940. The molecule has 0 atom stereocenters. The molecular formula is C22H24N2O3. The molecule has 27 heavy (non-hydrogen) atoms. The van der Waals surface area contributed by atoms with Gasteiger partial charge in [0.1, 0.15) is 0 Å². The van der Waals surface area contributed by atoms with E-state index in [1.54, 1.807) is 24.3 Å². The van der Waals surface area contributed by atoms with E-state index < -0.39 is 5.97 Å². The summed E-state index contributed by atoms with van der Waals surface area (Å²) in [5, 5.41) is 16.9. The molecule has 5 heteroatoms. The molecule has 5 nitrogen and oxygen atoms in total. The topological polar surface area (TPSA) is 81.5 Å². The van der Waals surface area contributed by atoms with Crippen LogP contribution in [0, 0.1) is 5.41 Å². The molecule has 1 amide bonds. The average Bonchev–Trinajstić information content (AvgIpc) is 2.67. The number of aromatic carboxylic acids is 1. The number of hydrogen-bond donors (Lipinski definition) is 2. The first-order chi connectivity index (χ1) is 13.0. The maximum atomic E-state index is 12.7. The van der Waals surface area contributed by atoms with Gasteiger partial charge in [0, 0.05) is 30.8 Å². The highest BCUT2D eigenvalue weighted by Crippen LogP contribution is 2.27. The van der Waals surface area contributed by atoms with Crippen LogP contribution in [0.1, 0.15) is 52.5 Å². The van der Waals surface area contributed by atoms with Crippen molar-refractivity contribution in [1.29, 1.82) is 5.41 Å². The molecule has 2 aromatic rings. The second-order valence-electron chi connectivity index (χ2n) is 6.90. The van der Waals surface area contributed by atoms with Gasteiger partial charge in [0.25, 0.3) is 5.91 Å². The lowest BCUT2D eigenvalue weighted by molar-refractivity contribution is 0.0695. The van der Waals surface area contributed by atoms with Crippen molar-refractivity contribution in [3.05, 3.63) is 59.2 Å².